The maximum absolute atomic E-state index is 13.6. The molecule has 1 aliphatic rings. The predicted octanol–water partition coefficient (Wildman–Crippen LogP) is 2.35. The van der Waals surface area contributed by atoms with Gasteiger partial charge in [-0.3, -0.25) is 4.79 Å². The van der Waals surface area contributed by atoms with Gasteiger partial charge in [-0.2, -0.15) is 0 Å². The molecule has 3 unspecified atom stereocenters. The van der Waals surface area contributed by atoms with Crippen molar-refractivity contribution in [2.45, 2.75) is 38.2 Å². The summed E-state index contributed by atoms with van der Waals surface area (Å²) >= 11 is 0. The van der Waals surface area contributed by atoms with Crippen molar-refractivity contribution in [3.8, 4) is 0 Å². The molecule has 1 aromatic carbocycles. The van der Waals surface area contributed by atoms with Crippen molar-refractivity contribution >= 4 is 5.91 Å². The number of benzene rings is 1. The highest BCUT2D eigenvalue weighted by molar-refractivity contribution is 5.82. The Kier molecular flexibility index (Phi) is 4.70. The zero-order valence-corrected chi connectivity index (χ0v) is 11.4. The van der Waals surface area contributed by atoms with Crippen LogP contribution in [-0.2, 0) is 4.79 Å². The minimum absolute atomic E-state index is 0.200. The van der Waals surface area contributed by atoms with Crippen molar-refractivity contribution in [1.29, 1.82) is 0 Å². The Bertz CT molecular complexity index is 493. The molecule has 3 nitrogen and oxygen atoms in total. The van der Waals surface area contributed by atoms with Crippen LogP contribution in [0.3, 0.4) is 0 Å². The standard InChI is InChI=1S/C15H19F2NO2/c1-2-3-10(19)8-18-15(20)13-7-11(13)12-6-9(16)4-5-14(12)17/h4-6,10-11,13,19H,2-3,7-8H2,1H3,(H,18,20). The van der Waals surface area contributed by atoms with Gasteiger partial charge in [0.2, 0.25) is 5.91 Å². The highest BCUT2D eigenvalue weighted by Crippen LogP contribution is 2.48. The van der Waals surface area contributed by atoms with Crippen molar-refractivity contribution in [1.82, 2.24) is 5.32 Å². The summed E-state index contributed by atoms with van der Waals surface area (Å²) in [7, 11) is 0. The topological polar surface area (TPSA) is 49.3 Å². The normalized spacial score (nSPS) is 22.4. The molecular formula is C15H19F2NO2. The van der Waals surface area contributed by atoms with E-state index in [1.807, 2.05) is 6.92 Å². The van der Waals surface area contributed by atoms with Crippen LogP contribution in [0.1, 0.15) is 37.7 Å². The molecule has 5 heteroatoms. The van der Waals surface area contributed by atoms with Gasteiger partial charge in [0.25, 0.3) is 0 Å². The van der Waals surface area contributed by atoms with Gasteiger partial charge in [0.15, 0.2) is 0 Å². The summed E-state index contributed by atoms with van der Waals surface area (Å²) in [5, 5.41) is 12.2. The molecule has 0 aromatic heterocycles. The molecule has 0 heterocycles. The number of carbonyl (C=O) groups is 1. The fourth-order valence-corrected chi connectivity index (χ4v) is 2.41. The SMILES string of the molecule is CCCC(O)CNC(=O)C1CC1c1cc(F)ccc1F. The van der Waals surface area contributed by atoms with Gasteiger partial charge in [-0.15, -0.1) is 0 Å². The summed E-state index contributed by atoms with van der Waals surface area (Å²) < 4.78 is 26.7. The van der Waals surface area contributed by atoms with Gasteiger partial charge >= 0.3 is 0 Å². The quantitative estimate of drug-likeness (QED) is 0.842. The second-order valence-electron chi connectivity index (χ2n) is 5.30. The molecule has 1 aromatic rings. The molecule has 2 N–H and O–H groups in total. The number of halogens is 2. The molecule has 1 amide bonds. The molecule has 1 saturated carbocycles. The lowest BCUT2D eigenvalue weighted by Gasteiger charge is -2.10. The van der Waals surface area contributed by atoms with E-state index in [2.05, 4.69) is 5.32 Å². The third-order valence-corrected chi connectivity index (χ3v) is 3.62. The average Bonchev–Trinajstić information content (AvgIpc) is 3.19. The highest BCUT2D eigenvalue weighted by atomic mass is 19.1. The number of rotatable bonds is 6. The number of carbonyl (C=O) groups excluding carboxylic acids is 1. The fraction of sp³-hybridized carbons (Fsp3) is 0.533. The van der Waals surface area contributed by atoms with Crippen LogP contribution in [0, 0.1) is 17.6 Å². The number of aliphatic hydroxyl groups is 1. The smallest absolute Gasteiger partial charge is 0.223 e. The Labute approximate surface area is 117 Å². The molecule has 2 rings (SSSR count). The van der Waals surface area contributed by atoms with Gasteiger partial charge in [-0.05, 0) is 42.5 Å². The van der Waals surface area contributed by atoms with Crippen molar-refractivity contribution < 1.29 is 18.7 Å². The van der Waals surface area contributed by atoms with Gasteiger partial charge in [0.1, 0.15) is 11.6 Å². The summed E-state index contributed by atoms with van der Waals surface area (Å²) in [6, 6.07) is 3.31. The molecular weight excluding hydrogens is 264 g/mol. The lowest BCUT2D eigenvalue weighted by atomic mass is 10.1. The average molecular weight is 283 g/mol. The van der Waals surface area contributed by atoms with Crippen LogP contribution in [0.2, 0.25) is 0 Å². The Morgan fingerprint density at radius 1 is 1.50 bits per heavy atom. The fourth-order valence-electron chi connectivity index (χ4n) is 2.41. The summed E-state index contributed by atoms with van der Waals surface area (Å²) in [6.45, 7) is 2.16. The van der Waals surface area contributed by atoms with Crippen LogP contribution in [0.15, 0.2) is 18.2 Å². The molecule has 20 heavy (non-hydrogen) atoms. The summed E-state index contributed by atoms with van der Waals surface area (Å²) in [5.41, 5.74) is 0.263. The van der Waals surface area contributed by atoms with E-state index in [-0.39, 0.29) is 29.9 Å². The maximum Gasteiger partial charge on any atom is 0.223 e. The molecule has 0 bridgehead atoms. The molecule has 3 atom stereocenters. The largest absolute Gasteiger partial charge is 0.391 e. The van der Waals surface area contributed by atoms with Crippen molar-refractivity contribution in [3.63, 3.8) is 0 Å². The first-order chi connectivity index (χ1) is 9.52. The first-order valence-electron chi connectivity index (χ1n) is 6.93. The van der Waals surface area contributed by atoms with E-state index in [4.69, 9.17) is 0 Å². The van der Waals surface area contributed by atoms with Crippen molar-refractivity contribution in [3.05, 3.63) is 35.4 Å². The van der Waals surface area contributed by atoms with Gasteiger partial charge in [-0.25, -0.2) is 8.78 Å². The Morgan fingerprint density at radius 3 is 2.95 bits per heavy atom. The van der Waals surface area contributed by atoms with E-state index >= 15 is 0 Å². The van der Waals surface area contributed by atoms with E-state index in [0.717, 1.165) is 24.6 Å². The summed E-state index contributed by atoms with van der Waals surface area (Å²) in [5.74, 6) is -1.74. The molecule has 0 spiro atoms. The summed E-state index contributed by atoms with van der Waals surface area (Å²) in [6.07, 6.45) is 1.45. The number of amides is 1. The van der Waals surface area contributed by atoms with E-state index in [1.54, 1.807) is 0 Å². The molecule has 0 saturated heterocycles. The van der Waals surface area contributed by atoms with Crippen LogP contribution in [-0.4, -0.2) is 23.7 Å². The first kappa shape index (κ1) is 14.9. The molecule has 110 valence electrons. The van der Waals surface area contributed by atoms with Crippen molar-refractivity contribution in [2.75, 3.05) is 6.54 Å². The van der Waals surface area contributed by atoms with E-state index < -0.39 is 17.7 Å². The van der Waals surface area contributed by atoms with Crippen molar-refractivity contribution in [2.24, 2.45) is 5.92 Å². The zero-order chi connectivity index (χ0) is 14.7. The second-order valence-corrected chi connectivity index (χ2v) is 5.30. The number of hydrogen-bond donors (Lipinski definition) is 2. The molecule has 1 aliphatic carbocycles. The molecule has 0 radical (unpaired) electrons. The lowest BCUT2D eigenvalue weighted by Crippen LogP contribution is -2.33. The minimum atomic E-state index is -0.549. The third-order valence-electron chi connectivity index (χ3n) is 3.62. The van der Waals surface area contributed by atoms with Gasteiger partial charge in [-0.1, -0.05) is 13.3 Å². The first-order valence-corrected chi connectivity index (χ1v) is 6.93. The second kappa shape index (κ2) is 6.31. The number of nitrogens with one attached hydrogen (secondary N) is 1. The van der Waals surface area contributed by atoms with Crippen LogP contribution in [0.25, 0.3) is 0 Å². The van der Waals surface area contributed by atoms with E-state index in [9.17, 15) is 18.7 Å². The van der Waals surface area contributed by atoms with Gasteiger partial charge < -0.3 is 10.4 Å². The van der Waals surface area contributed by atoms with E-state index in [0.29, 0.717) is 12.8 Å². The van der Waals surface area contributed by atoms with E-state index in [1.165, 1.54) is 0 Å². The number of aliphatic hydroxyl groups excluding tert-OH is 1. The van der Waals surface area contributed by atoms with Crippen LogP contribution >= 0.6 is 0 Å². The van der Waals surface area contributed by atoms with Crippen LogP contribution in [0.4, 0.5) is 8.78 Å². The van der Waals surface area contributed by atoms with Gasteiger partial charge in [0, 0.05) is 12.5 Å². The molecule has 1 fully saturated rings. The highest BCUT2D eigenvalue weighted by Gasteiger charge is 2.45. The Morgan fingerprint density at radius 2 is 2.25 bits per heavy atom. The molecule has 0 aliphatic heterocycles. The van der Waals surface area contributed by atoms with Crippen LogP contribution < -0.4 is 5.32 Å². The zero-order valence-electron chi connectivity index (χ0n) is 11.4. The summed E-state index contributed by atoms with van der Waals surface area (Å²) in [4.78, 5) is 11.9. The Balaban J connectivity index is 1.88. The third kappa shape index (κ3) is 3.54. The van der Waals surface area contributed by atoms with Crippen LogP contribution in [0.5, 0.6) is 0 Å². The predicted molar refractivity (Wildman–Crippen MR) is 71.1 cm³/mol. The minimum Gasteiger partial charge on any atom is -0.391 e. The number of hydrogen-bond acceptors (Lipinski definition) is 2. The van der Waals surface area contributed by atoms with Gasteiger partial charge in [0.05, 0.1) is 6.10 Å². The lowest BCUT2D eigenvalue weighted by molar-refractivity contribution is -0.122. The Hall–Kier alpha value is -1.49. The monoisotopic (exact) mass is 283 g/mol. The maximum atomic E-state index is 13.6.